The second-order valence-electron chi connectivity index (χ2n) is 5.51. The summed E-state index contributed by atoms with van der Waals surface area (Å²) in [6.07, 6.45) is 1.00. The Labute approximate surface area is 126 Å². The Balaban J connectivity index is 2.27. The number of rotatable bonds is 1. The maximum Gasteiger partial charge on any atom is 0.255 e. The van der Waals surface area contributed by atoms with E-state index in [0.717, 1.165) is 31.6 Å². The van der Waals surface area contributed by atoms with Crippen LogP contribution in [-0.2, 0) is 0 Å². The van der Waals surface area contributed by atoms with Crippen molar-refractivity contribution in [2.45, 2.75) is 19.4 Å². The van der Waals surface area contributed by atoms with Crippen molar-refractivity contribution in [1.82, 2.24) is 9.80 Å². The summed E-state index contributed by atoms with van der Waals surface area (Å²) in [6.45, 7) is 5.13. The molecule has 1 atom stereocenters. The number of hydrogen-bond acceptors (Lipinski definition) is 3. The van der Waals surface area contributed by atoms with E-state index in [4.69, 9.17) is 5.73 Å². The first-order chi connectivity index (χ1) is 10.1. The highest BCUT2D eigenvalue weighted by molar-refractivity contribution is 5.97. The fourth-order valence-corrected chi connectivity index (χ4v) is 2.75. The number of amides is 1. The summed E-state index contributed by atoms with van der Waals surface area (Å²) in [7, 11) is 2.10. The number of carbonyl (C=O) groups excluding carboxylic acids is 1. The number of likely N-dealkylation sites (N-methyl/N-ethyl adjacent to an activating group) is 1. The Morgan fingerprint density at radius 1 is 1.38 bits per heavy atom. The molecule has 21 heavy (non-hydrogen) atoms. The molecule has 1 heterocycles. The molecule has 112 valence electrons. The second-order valence-corrected chi connectivity index (χ2v) is 5.51. The molecule has 0 spiro atoms. The molecule has 0 bridgehead atoms. The monoisotopic (exact) mass is 285 g/mol. The van der Waals surface area contributed by atoms with Gasteiger partial charge >= 0.3 is 0 Å². The maximum absolute atomic E-state index is 12.9. The Bertz CT molecular complexity index is 559. The van der Waals surface area contributed by atoms with Crippen LogP contribution < -0.4 is 5.73 Å². The number of carbonyl (C=O) groups is 1. The zero-order valence-corrected chi connectivity index (χ0v) is 12.8. The number of nitrogens with two attached hydrogens (primary N) is 1. The highest BCUT2D eigenvalue weighted by Crippen LogP contribution is 2.16. The van der Waals surface area contributed by atoms with Crippen LogP contribution in [0.25, 0.3) is 0 Å². The van der Waals surface area contributed by atoms with Crippen molar-refractivity contribution >= 4 is 5.91 Å². The zero-order valence-electron chi connectivity index (χ0n) is 12.8. The molecule has 0 aromatic heterocycles. The molecular weight excluding hydrogens is 262 g/mol. The van der Waals surface area contributed by atoms with E-state index in [2.05, 4.69) is 30.7 Å². The third-order valence-corrected chi connectivity index (χ3v) is 3.79. The molecule has 1 fully saturated rings. The molecule has 4 nitrogen and oxygen atoms in total. The van der Waals surface area contributed by atoms with E-state index in [-0.39, 0.29) is 11.9 Å². The summed E-state index contributed by atoms with van der Waals surface area (Å²) >= 11 is 0. The highest BCUT2D eigenvalue weighted by atomic mass is 16.2. The van der Waals surface area contributed by atoms with E-state index >= 15 is 0 Å². The lowest BCUT2D eigenvalue weighted by Crippen LogP contribution is -2.42. The lowest BCUT2D eigenvalue weighted by molar-refractivity contribution is 0.0696. The van der Waals surface area contributed by atoms with Crippen LogP contribution in [0.15, 0.2) is 24.3 Å². The lowest BCUT2D eigenvalue weighted by atomic mass is 10.1. The van der Waals surface area contributed by atoms with Crippen molar-refractivity contribution in [3.05, 3.63) is 35.4 Å². The summed E-state index contributed by atoms with van der Waals surface area (Å²) in [6, 6.07) is 7.72. The number of benzene rings is 1. The Morgan fingerprint density at radius 2 is 2.14 bits per heavy atom. The number of hydrogen-bond donors (Lipinski definition) is 1. The van der Waals surface area contributed by atoms with Gasteiger partial charge in [0.1, 0.15) is 0 Å². The van der Waals surface area contributed by atoms with Crippen molar-refractivity contribution in [2.24, 2.45) is 5.73 Å². The Morgan fingerprint density at radius 3 is 2.90 bits per heavy atom. The van der Waals surface area contributed by atoms with E-state index in [1.165, 1.54) is 0 Å². The summed E-state index contributed by atoms with van der Waals surface area (Å²) in [5.41, 5.74) is 6.87. The van der Waals surface area contributed by atoms with Crippen LogP contribution in [0.5, 0.6) is 0 Å². The molecule has 4 heteroatoms. The Hall–Kier alpha value is -1.83. The molecule has 2 rings (SSSR count). The standard InChI is InChI=1S/C17H23N3O/c1-14-13-19(2)11-6-12-20(14)17(21)16-9-4-3-7-15(16)8-5-10-18/h3-4,7,9,14H,6,10-13,18H2,1-2H3. The second kappa shape index (κ2) is 7.26. The molecule has 1 saturated heterocycles. The van der Waals surface area contributed by atoms with Gasteiger partial charge in [-0.05, 0) is 39.1 Å². The molecule has 1 aromatic carbocycles. The minimum Gasteiger partial charge on any atom is -0.335 e. The van der Waals surface area contributed by atoms with Gasteiger partial charge in [-0.15, -0.1) is 0 Å². The quantitative estimate of drug-likeness (QED) is 0.788. The van der Waals surface area contributed by atoms with Crippen LogP contribution in [-0.4, -0.2) is 55.0 Å². The van der Waals surface area contributed by atoms with Crippen molar-refractivity contribution in [3.8, 4) is 11.8 Å². The van der Waals surface area contributed by atoms with Crippen molar-refractivity contribution in [3.63, 3.8) is 0 Å². The summed E-state index contributed by atoms with van der Waals surface area (Å²) in [4.78, 5) is 17.1. The summed E-state index contributed by atoms with van der Waals surface area (Å²) in [5, 5.41) is 0. The molecule has 1 aliphatic heterocycles. The third kappa shape index (κ3) is 3.84. The minimum absolute atomic E-state index is 0.0692. The largest absolute Gasteiger partial charge is 0.335 e. The van der Waals surface area contributed by atoms with Gasteiger partial charge in [0.2, 0.25) is 0 Å². The van der Waals surface area contributed by atoms with Gasteiger partial charge in [0, 0.05) is 24.7 Å². The van der Waals surface area contributed by atoms with Crippen LogP contribution in [0.2, 0.25) is 0 Å². The van der Waals surface area contributed by atoms with E-state index in [0.29, 0.717) is 12.1 Å². The third-order valence-electron chi connectivity index (χ3n) is 3.79. The van der Waals surface area contributed by atoms with E-state index in [1.54, 1.807) is 0 Å². The zero-order chi connectivity index (χ0) is 15.2. The van der Waals surface area contributed by atoms with Crippen LogP contribution in [0, 0.1) is 11.8 Å². The molecule has 0 saturated carbocycles. The van der Waals surface area contributed by atoms with Crippen LogP contribution in [0.1, 0.15) is 29.3 Å². The number of nitrogens with zero attached hydrogens (tertiary/aromatic N) is 2. The SMILES string of the molecule is CC1CN(C)CCCN1C(=O)c1ccccc1C#CCN. The minimum atomic E-state index is 0.0692. The first-order valence-electron chi connectivity index (χ1n) is 7.41. The van der Waals surface area contributed by atoms with Crippen molar-refractivity contribution in [1.29, 1.82) is 0 Å². The van der Waals surface area contributed by atoms with Gasteiger partial charge in [-0.3, -0.25) is 4.79 Å². The average molecular weight is 285 g/mol. The molecule has 1 aromatic rings. The molecule has 1 amide bonds. The van der Waals surface area contributed by atoms with Crippen molar-refractivity contribution in [2.75, 3.05) is 33.2 Å². The van der Waals surface area contributed by atoms with Gasteiger partial charge in [0.15, 0.2) is 0 Å². The van der Waals surface area contributed by atoms with Gasteiger partial charge in [-0.1, -0.05) is 24.0 Å². The van der Waals surface area contributed by atoms with E-state index < -0.39 is 0 Å². The fourth-order valence-electron chi connectivity index (χ4n) is 2.75. The maximum atomic E-state index is 12.9. The Kier molecular flexibility index (Phi) is 5.38. The van der Waals surface area contributed by atoms with Crippen molar-refractivity contribution < 1.29 is 4.79 Å². The molecule has 0 radical (unpaired) electrons. The first-order valence-corrected chi connectivity index (χ1v) is 7.41. The van der Waals surface area contributed by atoms with Crippen LogP contribution >= 0.6 is 0 Å². The van der Waals surface area contributed by atoms with Gasteiger partial charge < -0.3 is 15.5 Å². The van der Waals surface area contributed by atoms with Gasteiger partial charge in [0.25, 0.3) is 5.91 Å². The van der Waals surface area contributed by atoms with E-state index in [1.807, 2.05) is 29.2 Å². The lowest BCUT2D eigenvalue weighted by Gasteiger charge is -2.28. The van der Waals surface area contributed by atoms with Crippen LogP contribution in [0.3, 0.4) is 0 Å². The molecular formula is C17H23N3O. The summed E-state index contributed by atoms with van der Waals surface area (Å²) < 4.78 is 0. The average Bonchev–Trinajstić information content (AvgIpc) is 2.65. The first kappa shape index (κ1) is 15.6. The van der Waals surface area contributed by atoms with E-state index in [9.17, 15) is 4.79 Å². The smallest absolute Gasteiger partial charge is 0.255 e. The molecule has 0 aliphatic carbocycles. The normalized spacial score (nSPS) is 19.6. The molecule has 2 N–H and O–H groups in total. The topological polar surface area (TPSA) is 49.6 Å². The van der Waals surface area contributed by atoms with Crippen LogP contribution in [0.4, 0.5) is 0 Å². The molecule has 1 unspecified atom stereocenters. The molecule has 1 aliphatic rings. The predicted molar refractivity (Wildman–Crippen MR) is 85.0 cm³/mol. The van der Waals surface area contributed by atoms with Gasteiger partial charge in [-0.25, -0.2) is 0 Å². The predicted octanol–water partition coefficient (Wildman–Crippen LogP) is 1.16. The highest BCUT2D eigenvalue weighted by Gasteiger charge is 2.25. The van der Waals surface area contributed by atoms with Gasteiger partial charge in [-0.2, -0.15) is 0 Å². The fraction of sp³-hybridized carbons (Fsp3) is 0.471. The van der Waals surface area contributed by atoms with Gasteiger partial charge in [0.05, 0.1) is 12.1 Å². The summed E-state index contributed by atoms with van der Waals surface area (Å²) in [5.74, 6) is 5.90.